The summed E-state index contributed by atoms with van der Waals surface area (Å²) < 4.78 is 0. The number of amides is 1. The minimum Gasteiger partial charge on any atom is -0.340 e. The average Bonchev–Trinajstić information content (AvgIpc) is 2.49. The zero-order valence-electron chi connectivity index (χ0n) is 7.71. The third kappa shape index (κ3) is 3.01. The molecule has 0 aromatic carbocycles. The van der Waals surface area contributed by atoms with E-state index < -0.39 is 0 Å². The molecule has 0 unspecified atom stereocenters. The highest BCUT2D eigenvalue weighted by atomic mass is 35.5. The van der Waals surface area contributed by atoms with Crippen molar-refractivity contribution in [3.05, 3.63) is 21.9 Å². The number of rotatable bonds is 3. The van der Waals surface area contributed by atoms with Gasteiger partial charge in [0, 0.05) is 16.8 Å². The molecule has 0 spiro atoms. The average molecular weight is 218 g/mol. The number of carbonyl (C=O) groups excluding carboxylic acids is 1. The number of aryl methyl sites for hydroxylation is 1. The molecule has 4 heteroatoms. The number of nitrogens with zero attached hydrogens (tertiary/aromatic N) is 1. The van der Waals surface area contributed by atoms with Crippen LogP contribution in [0.2, 0.25) is 0 Å². The molecule has 1 aromatic heterocycles. The second kappa shape index (κ2) is 4.63. The van der Waals surface area contributed by atoms with Crippen molar-refractivity contribution in [1.29, 1.82) is 0 Å². The molecule has 0 aliphatic heterocycles. The molecular formula is C9H12ClNOS. The monoisotopic (exact) mass is 217 g/mol. The van der Waals surface area contributed by atoms with E-state index in [-0.39, 0.29) is 11.8 Å². The van der Waals surface area contributed by atoms with Crippen molar-refractivity contribution in [3.63, 3.8) is 0 Å². The Bertz CT molecular complexity index is 298. The Morgan fingerprint density at radius 3 is 2.77 bits per heavy atom. The molecule has 1 rings (SSSR count). The lowest BCUT2D eigenvalue weighted by molar-refractivity contribution is -0.127. The molecule has 0 fully saturated rings. The SMILES string of the molecule is Cc1ccc(CN(C)C(=O)CCl)s1. The Kier molecular flexibility index (Phi) is 3.75. The summed E-state index contributed by atoms with van der Waals surface area (Å²) in [6.07, 6.45) is 0. The van der Waals surface area contributed by atoms with Gasteiger partial charge in [-0.05, 0) is 19.1 Å². The van der Waals surface area contributed by atoms with E-state index in [2.05, 4.69) is 13.0 Å². The molecule has 0 N–H and O–H groups in total. The summed E-state index contributed by atoms with van der Waals surface area (Å²) >= 11 is 7.14. The first-order valence-electron chi connectivity index (χ1n) is 3.98. The standard InChI is InChI=1S/C9H12ClNOS/c1-7-3-4-8(13-7)6-11(2)9(12)5-10/h3-4H,5-6H2,1-2H3. The Balaban J connectivity index is 2.54. The zero-order chi connectivity index (χ0) is 9.84. The fourth-order valence-corrected chi connectivity index (χ4v) is 2.14. The van der Waals surface area contributed by atoms with Gasteiger partial charge in [0.1, 0.15) is 5.88 Å². The maximum atomic E-state index is 11.1. The summed E-state index contributed by atoms with van der Waals surface area (Å²) in [5, 5.41) is 0. The predicted molar refractivity (Wildman–Crippen MR) is 56.3 cm³/mol. The lowest BCUT2D eigenvalue weighted by atomic mass is 10.4. The van der Waals surface area contributed by atoms with Crippen molar-refractivity contribution in [3.8, 4) is 0 Å². The van der Waals surface area contributed by atoms with Crippen LogP contribution >= 0.6 is 22.9 Å². The van der Waals surface area contributed by atoms with Gasteiger partial charge < -0.3 is 4.90 Å². The second-order valence-electron chi connectivity index (χ2n) is 2.90. The van der Waals surface area contributed by atoms with Gasteiger partial charge in [-0.15, -0.1) is 22.9 Å². The topological polar surface area (TPSA) is 20.3 Å². The smallest absolute Gasteiger partial charge is 0.237 e. The number of thiophene rings is 1. The van der Waals surface area contributed by atoms with Crippen LogP contribution in [-0.2, 0) is 11.3 Å². The maximum Gasteiger partial charge on any atom is 0.237 e. The Morgan fingerprint density at radius 2 is 2.31 bits per heavy atom. The predicted octanol–water partition coefficient (Wildman–Crippen LogP) is 2.25. The van der Waals surface area contributed by atoms with E-state index >= 15 is 0 Å². The molecule has 0 aliphatic carbocycles. The van der Waals surface area contributed by atoms with Crippen LogP contribution in [0.3, 0.4) is 0 Å². The van der Waals surface area contributed by atoms with Gasteiger partial charge in [-0.2, -0.15) is 0 Å². The van der Waals surface area contributed by atoms with Crippen LogP contribution in [-0.4, -0.2) is 23.7 Å². The zero-order valence-corrected chi connectivity index (χ0v) is 9.28. The molecule has 72 valence electrons. The largest absolute Gasteiger partial charge is 0.340 e. The quantitative estimate of drug-likeness (QED) is 0.712. The summed E-state index contributed by atoms with van der Waals surface area (Å²) in [5.74, 6) is 0.0219. The minimum absolute atomic E-state index is 0.0345. The number of hydrogen-bond donors (Lipinski definition) is 0. The molecule has 0 saturated heterocycles. The van der Waals surface area contributed by atoms with E-state index in [1.54, 1.807) is 23.3 Å². The van der Waals surface area contributed by atoms with Crippen molar-refractivity contribution in [2.45, 2.75) is 13.5 Å². The first kappa shape index (κ1) is 10.5. The van der Waals surface area contributed by atoms with Crippen molar-refractivity contribution in [2.75, 3.05) is 12.9 Å². The van der Waals surface area contributed by atoms with Gasteiger partial charge in [-0.1, -0.05) is 0 Å². The van der Waals surface area contributed by atoms with Crippen LogP contribution in [0.15, 0.2) is 12.1 Å². The highest BCUT2D eigenvalue weighted by molar-refractivity contribution is 7.11. The van der Waals surface area contributed by atoms with Crippen LogP contribution in [0.25, 0.3) is 0 Å². The molecular weight excluding hydrogens is 206 g/mol. The van der Waals surface area contributed by atoms with Crippen molar-refractivity contribution in [2.24, 2.45) is 0 Å². The van der Waals surface area contributed by atoms with Crippen molar-refractivity contribution in [1.82, 2.24) is 4.90 Å². The summed E-state index contributed by atoms with van der Waals surface area (Å²) in [4.78, 5) is 15.2. The van der Waals surface area contributed by atoms with E-state index in [1.807, 2.05) is 6.07 Å². The third-order valence-corrected chi connectivity index (χ3v) is 2.94. The van der Waals surface area contributed by atoms with E-state index in [9.17, 15) is 4.79 Å². The Hall–Kier alpha value is -0.540. The lowest BCUT2D eigenvalue weighted by Gasteiger charge is -2.13. The van der Waals surface area contributed by atoms with Gasteiger partial charge in [0.2, 0.25) is 5.91 Å². The fraction of sp³-hybridized carbons (Fsp3) is 0.444. The number of halogens is 1. The van der Waals surface area contributed by atoms with E-state index in [0.29, 0.717) is 6.54 Å². The molecule has 0 bridgehead atoms. The van der Waals surface area contributed by atoms with Gasteiger partial charge >= 0.3 is 0 Å². The molecule has 0 atom stereocenters. The van der Waals surface area contributed by atoms with E-state index in [0.717, 1.165) is 0 Å². The lowest BCUT2D eigenvalue weighted by Crippen LogP contribution is -2.26. The first-order valence-corrected chi connectivity index (χ1v) is 5.34. The highest BCUT2D eigenvalue weighted by Gasteiger charge is 2.07. The molecule has 1 aromatic rings. The number of carbonyl (C=O) groups is 1. The van der Waals surface area contributed by atoms with E-state index in [4.69, 9.17) is 11.6 Å². The van der Waals surface area contributed by atoms with Crippen molar-refractivity contribution >= 4 is 28.8 Å². The van der Waals surface area contributed by atoms with Crippen LogP contribution in [0.5, 0.6) is 0 Å². The Morgan fingerprint density at radius 1 is 1.62 bits per heavy atom. The molecule has 13 heavy (non-hydrogen) atoms. The second-order valence-corrected chi connectivity index (χ2v) is 4.54. The normalized spacial score (nSPS) is 10.1. The summed E-state index contributed by atoms with van der Waals surface area (Å²) in [5.41, 5.74) is 0. The number of hydrogen-bond acceptors (Lipinski definition) is 2. The van der Waals surface area contributed by atoms with E-state index in [1.165, 1.54) is 9.75 Å². The molecule has 1 heterocycles. The summed E-state index contributed by atoms with van der Waals surface area (Å²) in [6, 6.07) is 4.09. The number of alkyl halides is 1. The summed E-state index contributed by atoms with van der Waals surface area (Å²) in [7, 11) is 1.76. The fourth-order valence-electron chi connectivity index (χ4n) is 0.994. The van der Waals surface area contributed by atoms with Gasteiger partial charge in [0.15, 0.2) is 0 Å². The maximum absolute atomic E-state index is 11.1. The Labute approximate surface area is 87.1 Å². The minimum atomic E-state index is -0.0345. The molecule has 2 nitrogen and oxygen atoms in total. The van der Waals surface area contributed by atoms with Gasteiger partial charge in [0.25, 0.3) is 0 Å². The van der Waals surface area contributed by atoms with Crippen LogP contribution in [0.4, 0.5) is 0 Å². The third-order valence-electron chi connectivity index (χ3n) is 1.73. The molecule has 0 radical (unpaired) electrons. The highest BCUT2D eigenvalue weighted by Crippen LogP contribution is 2.16. The summed E-state index contributed by atoms with van der Waals surface area (Å²) in [6.45, 7) is 2.71. The first-order chi connectivity index (χ1) is 6.13. The van der Waals surface area contributed by atoms with Gasteiger partial charge in [0.05, 0.1) is 6.54 Å². The molecule has 0 saturated carbocycles. The van der Waals surface area contributed by atoms with Gasteiger partial charge in [-0.25, -0.2) is 0 Å². The van der Waals surface area contributed by atoms with Crippen LogP contribution in [0.1, 0.15) is 9.75 Å². The van der Waals surface area contributed by atoms with Crippen molar-refractivity contribution < 1.29 is 4.79 Å². The van der Waals surface area contributed by atoms with Crippen LogP contribution < -0.4 is 0 Å². The van der Waals surface area contributed by atoms with Crippen LogP contribution in [0, 0.1) is 6.92 Å². The molecule has 1 amide bonds. The molecule has 0 aliphatic rings. The van der Waals surface area contributed by atoms with Gasteiger partial charge in [-0.3, -0.25) is 4.79 Å².